The van der Waals surface area contributed by atoms with Crippen molar-refractivity contribution in [2.75, 3.05) is 39.1 Å². The highest BCUT2D eigenvalue weighted by atomic mass is 16.2. The Morgan fingerprint density at radius 3 is 2.64 bits per heavy atom. The molecular formula is C19H30N8O. The number of likely N-dealkylation sites (N-methyl/N-ethyl adjacent to an activating group) is 1. The first-order valence-electron chi connectivity index (χ1n) is 9.70. The van der Waals surface area contributed by atoms with Gasteiger partial charge in [0.05, 0.1) is 6.54 Å². The maximum absolute atomic E-state index is 13.0. The van der Waals surface area contributed by atoms with Crippen LogP contribution in [0.3, 0.4) is 0 Å². The molecule has 0 aromatic carbocycles. The van der Waals surface area contributed by atoms with Gasteiger partial charge in [0.1, 0.15) is 12.1 Å². The summed E-state index contributed by atoms with van der Waals surface area (Å²) in [6.45, 7) is 8.95. The zero-order chi connectivity index (χ0) is 20.4. The molecule has 1 saturated heterocycles. The fraction of sp³-hybridized carbons (Fsp3) is 0.632. The second kappa shape index (κ2) is 8.22. The number of aryl methyl sites for hydroxylation is 2. The highest BCUT2D eigenvalue weighted by Crippen LogP contribution is 2.25. The molecule has 152 valence electrons. The van der Waals surface area contributed by atoms with Gasteiger partial charge in [-0.15, -0.1) is 10.2 Å². The quantitative estimate of drug-likeness (QED) is 0.735. The van der Waals surface area contributed by atoms with E-state index in [9.17, 15) is 4.79 Å². The van der Waals surface area contributed by atoms with Crippen molar-refractivity contribution in [1.29, 1.82) is 0 Å². The van der Waals surface area contributed by atoms with Gasteiger partial charge in [-0.1, -0.05) is 0 Å². The molecule has 3 rings (SSSR count). The Balaban J connectivity index is 1.82. The Morgan fingerprint density at radius 2 is 2.00 bits per heavy atom. The summed E-state index contributed by atoms with van der Waals surface area (Å²) < 4.78 is 1.92. The SMILES string of the molecule is CCn1cnnc1CN(C)C(=O)c1nc(C)c(C)c(N2CC[C@@H](N(C)C)C2)n1. The van der Waals surface area contributed by atoms with Gasteiger partial charge >= 0.3 is 0 Å². The third kappa shape index (κ3) is 3.99. The number of hydrogen-bond donors (Lipinski definition) is 0. The largest absolute Gasteiger partial charge is 0.355 e. The van der Waals surface area contributed by atoms with Crippen LogP contribution in [0.1, 0.15) is 41.0 Å². The predicted octanol–water partition coefficient (Wildman–Crippen LogP) is 1.12. The van der Waals surface area contributed by atoms with Gasteiger partial charge < -0.3 is 19.3 Å². The lowest BCUT2D eigenvalue weighted by Gasteiger charge is -2.24. The van der Waals surface area contributed by atoms with Crippen molar-refractivity contribution in [3.8, 4) is 0 Å². The first-order valence-corrected chi connectivity index (χ1v) is 9.70. The molecule has 0 radical (unpaired) electrons. The van der Waals surface area contributed by atoms with Crippen LogP contribution in [0.25, 0.3) is 0 Å². The standard InChI is InChI=1S/C19H30N8O/c1-7-26-12-20-23-16(26)11-25(6)19(28)17-21-14(3)13(2)18(22-17)27-9-8-15(10-27)24(4)5/h12,15H,7-11H2,1-6H3/t15-/m1/s1. The molecule has 0 spiro atoms. The van der Waals surface area contributed by atoms with Gasteiger partial charge in [-0.3, -0.25) is 4.79 Å². The Bertz CT molecular complexity index is 846. The minimum atomic E-state index is -0.210. The molecule has 1 aliphatic heterocycles. The topological polar surface area (TPSA) is 83.3 Å². The molecule has 28 heavy (non-hydrogen) atoms. The number of nitrogens with zero attached hydrogens (tertiary/aromatic N) is 8. The Kier molecular flexibility index (Phi) is 5.93. The maximum Gasteiger partial charge on any atom is 0.291 e. The van der Waals surface area contributed by atoms with E-state index in [0.29, 0.717) is 12.6 Å². The third-order valence-electron chi connectivity index (χ3n) is 5.51. The first kappa shape index (κ1) is 20.2. The van der Waals surface area contributed by atoms with Crippen molar-refractivity contribution in [2.24, 2.45) is 0 Å². The van der Waals surface area contributed by atoms with Crippen LogP contribution in [-0.2, 0) is 13.1 Å². The zero-order valence-corrected chi connectivity index (χ0v) is 17.7. The van der Waals surface area contributed by atoms with E-state index in [4.69, 9.17) is 0 Å². The van der Waals surface area contributed by atoms with E-state index in [2.05, 4.69) is 44.1 Å². The van der Waals surface area contributed by atoms with Crippen LogP contribution in [0.15, 0.2) is 6.33 Å². The van der Waals surface area contributed by atoms with E-state index in [1.807, 2.05) is 25.3 Å². The Hall–Kier alpha value is -2.55. The van der Waals surface area contributed by atoms with Crippen molar-refractivity contribution in [2.45, 2.75) is 46.3 Å². The summed E-state index contributed by atoms with van der Waals surface area (Å²) in [7, 11) is 5.95. The summed E-state index contributed by atoms with van der Waals surface area (Å²) in [6, 6.07) is 0.497. The summed E-state index contributed by atoms with van der Waals surface area (Å²) in [4.78, 5) is 28.2. The van der Waals surface area contributed by atoms with Crippen molar-refractivity contribution in [3.05, 3.63) is 29.2 Å². The van der Waals surface area contributed by atoms with Crippen LogP contribution in [0.2, 0.25) is 0 Å². The molecule has 9 nitrogen and oxygen atoms in total. The van der Waals surface area contributed by atoms with Crippen LogP contribution < -0.4 is 4.90 Å². The van der Waals surface area contributed by atoms with Crippen molar-refractivity contribution < 1.29 is 4.79 Å². The highest BCUT2D eigenvalue weighted by molar-refractivity contribution is 5.90. The van der Waals surface area contributed by atoms with Crippen LogP contribution >= 0.6 is 0 Å². The average molecular weight is 387 g/mol. The Morgan fingerprint density at radius 1 is 1.25 bits per heavy atom. The summed E-state index contributed by atoms with van der Waals surface area (Å²) in [5, 5.41) is 8.03. The summed E-state index contributed by atoms with van der Waals surface area (Å²) in [6.07, 6.45) is 2.76. The van der Waals surface area contributed by atoms with Gasteiger partial charge in [0.15, 0.2) is 5.82 Å². The van der Waals surface area contributed by atoms with E-state index in [1.54, 1.807) is 18.3 Å². The number of anilines is 1. The zero-order valence-electron chi connectivity index (χ0n) is 17.7. The predicted molar refractivity (Wildman–Crippen MR) is 107 cm³/mol. The molecule has 0 unspecified atom stereocenters. The first-order chi connectivity index (χ1) is 13.3. The second-order valence-corrected chi connectivity index (χ2v) is 7.63. The fourth-order valence-corrected chi connectivity index (χ4v) is 3.49. The molecule has 1 atom stereocenters. The number of rotatable bonds is 6. The normalized spacial score (nSPS) is 16.8. The van der Waals surface area contributed by atoms with Gasteiger partial charge in [0, 0.05) is 44.0 Å². The molecule has 0 aliphatic carbocycles. The molecule has 1 fully saturated rings. The summed E-state index contributed by atoms with van der Waals surface area (Å²) >= 11 is 0. The van der Waals surface area contributed by atoms with E-state index in [1.165, 1.54) is 0 Å². The van der Waals surface area contributed by atoms with Gasteiger partial charge in [0.2, 0.25) is 5.82 Å². The van der Waals surface area contributed by atoms with Crippen LogP contribution in [0.4, 0.5) is 5.82 Å². The molecule has 2 aromatic rings. The molecule has 0 bridgehead atoms. The summed E-state index contributed by atoms with van der Waals surface area (Å²) in [5.74, 6) is 1.64. The highest BCUT2D eigenvalue weighted by Gasteiger charge is 2.28. The monoisotopic (exact) mass is 386 g/mol. The number of amides is 1. The minimum absolute atomic E-state index is 0.210. The lowest BCUT2D eigenvalue weighted by molar-refractivity contribution is 0.0767. The summed E-state index contributed by atoms with van der Waals surface area (Å²) in [5.41, 5.74) is 1.87. The van der Waals surface area contributed by atoms with E-state index >= 15 is 0 Å². The molecule has 0 saturated carbocycles. The molecular weight excluding hydrogens is 356 g/mol. The Labute approximate surface area is 166 Å². The molecule has 1 amide bonds. The fourth-order valence-electron chi connectivity index (χ4n) is 3.49. The van der Waals surface area contributed by atoms with Crippen LogP contribution in [-0.4, -0.2) is 80.7 Å². The molecule has 1 aliphatic rings. The number of carbonyl (C=O) groups is 1. The van der Waals surface area contributed by atoms with E-state index < -0.39 is 0 Å². The molecule has 3 heterocycles. The van der Waals surface area contributed by atoms with Crippen LogP contribution in [0.5, 0.6) is 0 Å². The van der Waals surface area contributed by atoms with Gasteiger partial charge in [-0.2, -0.15) is 0 Å². The van der Waals surface area contributed by atoms with Crippen molar-refractivity contribution in [1.82, 2.24) is 34.5 Å². The molecule has 9 heteroatoms. The number of hydrogen-bond acceptors (Lipinski definition) is 7. The third-order valence-corrected chi connectivity index (χ3v) is 5.51. The lowest BCUT2D eigenvalue weighted by atomic mass is 10.2. The van der Waals surface area contributed by atoms with Crippen molar-refractivity contribution in [3.63, 3.8) is 0 Å². The minimum Gasteiger partial charge on any atom is -0.355 e. The average Bonchev–Trinajstić information content (AvgIpc) is 3.32. The molecule has 2 aromatic heterocycles. The van der Waals surface area contributed by atoms with E-state index in [-0.39, 0.29) is 11.7 Å². The number of carbonyl (C=O) groups excluding carboxylic acids is 1. The van der Waals surface area contributed by atoms with E-state index in [0.717, 1.165) is 49.0 Å². The maximum atomic E-state index is 13.0. The number of aromatic nitrogens is 5. The smallest absolute Gasteiger partial charge is 0.291 e. The lowest BCUT2D eigenvalue weighted by Crippen LogP contribution is -2.33. The molecule has 0 N–H and O–H groups in total. The van der Waals surface area contributed by atoms with Gasteiger partial charge in [0.25, 0.3) is 5.91 Å². The van der Waals surface area contributed by atoms with Gasteiger partial charge in [-0.05, 0) is 41.3 Å². The van der Waals surface area contributed by atoms with Gasteiger partial charge in [-0.25, -0.2) is 9.97 Å². The van der Waals surface area contributed by atoms with Crippen molar-refractivity contribution >= 4 is 11.7 Å². The van der Waals surface area contributed by atoms with Crippen LogP contribution in [0, 0.1) is 13.8 Å². The second-order valence-electron chi connectivity index (χ2n) is 7.63.